The summed E-state index contributed by atoms with van der Waals surface area (Å²) in [6.07, 6.45) is 2.53. The molecule has 0 N–H and O–H groups in total. The molecule has 1 aromatic heterocycles. The van der Waals surface area contributed by atoms with Crippen LogP contribution in [0.4, 0.5) is 0 Å². The summed E-state index contributed by atoms with van der Waals surface area (Å²) in [5.74, 6) is 0.801. The summed E-state index contributed by atoms with van der Waals surface area (Å²) in [5, 5.41) is 2.09. The van der Waals surface area contributed by atoms with E-state index in [1.807, 2.05) is 30.3 Å². The van der Waals surface area contributed by atoms with Crippen LogP contribution in [0.5, 0.6) is 5.75 Å². The van der Waals surface area contributed by atoms with Gasteiger partial charge in [0.2, 0.25) is 0 Å². The van der Waals surface area contributed by atoms with E-state index < -0.39 is 0 Å². The normalized spacial score (nSPS) is 14.8. The minimum atomic E-state index is 0.0498. The van der Waals surface area contributed by atoms with Crippen molar-refractivity contribution in [3.05, 3.63) is 51.6 Å². The van der Waals surface area contributed by atoms with Gasteiger partial charge in [0.1, 0.15) is 12.4 Å². The van der Waals surface area contributed by atoms with E-state index in [4.69, 9.17) is 16.3 Å². The van der Waals surface area contributed by atoms with Crippen molar-refractivity contribution in [3.8, 4) is 5.75 Å². The maximum Gasteiger partial charge on any atom is 0.197 e. The zero-order valence-corrected chi connectivity index (χ0v) is 19.3. The van der Waals surface area contributed by atoms with E-state index in [0.29, 0.717) is 17.0 Å². The van der Waals surface area contributed by atoms with E-state index >= 15 is 0 Å². The van der Waals surface area contributed by atoms with Crippen molar-refractivity contribution >= 4 is 33.4 Å². The van der Waals surface area contributed by atoms with Gasteiger partial charge in [0.05, 0.1) is 11.0 Å². The van der Waals surface area contributed by atoms with Gasteiger partial charge in [-0.1, -0.05) is 25.4 Å². The first-order valence-corrected chi connectivity index (χ1v) is 11.8. The third-order valence-electron chi connectivity index (χ3n) is 6.41. The van der Waals surface area contributed by atoms with Crippen molar-refractivity contribution in [2.24, 2.45) is 0 Å². The van der Waals surface area contributed by atoms with E-state index in [2.05, 4.69) is 28.2 Å². The molecule has 0 aliphatic carbocycles. The number of ether oxygens (including phenoxy) is 1. The fourth-order valence-corrected chi connectivity index (χ4v) is 4.70. The molecule has 1 fully saturated rings. The van der Waals surface area contributed by atoms with Crippen molar-refractivity contribution < 1.29 is 4.74 Å². The lowest BCUT2D eigenvalue weighted by molar-refractivity contribution is 0.223. The van der Waals surface area contributed by atoms with Gasteiger partial charge in [-0.25, -0.2) is 0 Å². The number of hydrogen-bond donors (Lipinski definition) is 0. The zero-order valence-electron chi connectivity index (χ0n) is 18.6. The van der Waals surface area contributed by atoms with Gasteiger partial charge >= 0.3 is 0 Å². The molecule has 1 aliphatic heterocycles. The number of benzene rings is 2. The standard InChI is InChI=1S/C25H32ClN3O2/c1-3-27(4-2)15-16-31-20-8-10-22-24(18-20)29(14-13-28-11-5-6-12-28)23-17-19(26)7-9-21(23)25(22)30/h7-10,17-18H,3-6,11-16H2,1-2H3. The molecule has 4 rings (SSSR count). The van der Waals surface area contributed by atoms with Crippen molar-refractivity contribution in [1.82, 2.24) is 14.4 Å². The lowest BCUT2D eigenvalue weighted by Gasteiger charge is -2.21. The molecule has 2 heterocycles. The highest BCUT2D eigenvalue weighted by molar-refractivity contribution is 6.31. The van der Waals surface area contributed by atoms with Gasteiger partial charge < -0.3 is 19.1 Å². The molecule has 0 atom stereocenters. The number of fused-ring (bicyclic) bond motifs is 2. The minimum Gasteiger partial charge on any atom is -0.492 e. The van der Waals surface area contributed by atoms with E-state index in [-0.39, 0.29) is 5.43 Å². The minimum absolute atomic E-state index is 0.0498. The number of likely N-dealkylation sites (tertiary alicyclic amines) is 1. The van der Waals surface area contributed by atoms with Crippen LogP contribution >= 0.6 is 11.6 Å². The summed E-state index contributed by atoms with van der Waals surface area (Å²) in [6, 6.07) is 11.4. The second kappa shape index (κ2) is 10.0. The Morgan fingerprint density at radius 2 is 1.65 bits per heavy atom. The van der Waals surface area contributed by atoms with E-state index in [9.17, 15) is 4.79 Å². The molecule has 0 unspecified atom stereocenters. The van der Waals surface area contributed by atoms with Crippen LogP contribution in [-0.4, -0.2) is 60.2 Å². The number of halogens is 1. The first-order chi connectivity index (χ1) is 15.1. The molecule has 0 amide bonds. The van der Waals surface area contributed by atoms with Gasteiger partial charge in [-0.2, -0.15) is 0 Å². The Bertz CT molecular complexity index is 1100. The average molecular weight is 442 g/mol. The topological polar surface area (TPSA) is 37.7 Å². The fourth-order valence-electron chi connectivity index (χ4n) is 4.53. The highest BCUT2D eigenvalue weighted by atomic mass is 35.5. The molecule has 31 heavy (non-hydrogen) atoms. The Kier molecular flexibility index (Phi) is 7.16. The Labute approximate surface area is 189 Å². The molecule has 5 nitrogen and oxygen atoms in total. The largest absolute Gasteiger partial charge is 0.492 e. The third-order valence-corrected chi connectivity index (χ3v) is 6.64. The predicted molar refractivity (Wildman–Crippen MR) is 130 cm³/mol. The molecule has 166 valence electrons. The smallest absolute Gasteiger partial charge is 0.197 e. The first-order valence-electron chi connectivity index (χ1n) is 11.4. The Morgan fingerprint density at radius 3 is 2.35 bits per heavy atom. The second-order valence-corrected chi connectivity index (χ2v) is 8.68. The summed E-state index contributed by atoms with van der Waals surface area (Å²) < 4.78 is 8.31. The highest BCUT2D eigenvalue weighted by Gasteiger charge is 2.15. The molecule has 1 saturated heterocycles. The van der Waals surface area contributed by atoms with Gasteiger partial charge in [-0.05, 0) is 69.4 Å². The van der Waals surface area contributed by atoms with Crippen LogP contribution in [0.3, 0.4) is 0 Å². The summed E-state index contributed by atoms with van der Waals surface area (Å²) in [4.78, 5) is 18.0. The van der Waals surface area contributed by atoms with Gasteiger partial charge in [-0.15, -0.1) is 0 Å². The summed E-state index contributed by atoms with van der Waals surface area (Å²) in [5.41, 5.74) is 1.86. The SMILES string of the molecule is CCN(CC)CCOc1ccc2c(=O)c3ccc(Cl)cc3n(CCN3CCCC3)c2c1. The van der Waals surface area contributed by atoms with Crippen molar-refractivity contribution in [1.29, 1.82) is 0 Å². The molecular formula is C25H32ClN3O2. The summed E-state index contributed by atoms with van der Waals surface area (Å²) in [7, 11) is 0. The van der Waals surface area contributed by atoms with Crippen LogP contribution in [0.15, 0.2) is 41.2 Å². The van der Waals surface area contributed by atoms with E-state index in [1.54, 1.807) is 6.07 Å². The summed E-state index contributed by atoms with van der Waals surface area (Å²) >= 11 is 6.32. The fraction of sp³-hybridized carbons (Fsp3) is 0.480. The number of pyridine rings is 1. The average Bonchev–Trinajstić information content (AvgIpc) is 3.30. The van der Waals surface area contributed by atoms with Crippen molar-refractivity contribution in [3.63, 3.8) is 0 Å². The van der Waals surface area contributed by atoms with Gasteiger partial charge in [-0.3, -0.25) is 4.79 Å². The van der Waals surface area contributed by atoms with Crippen LogP contribution in [0.25, 0.3) is 21.8 Å². The number of nitrogens with zero attached hydrogens (tertiary/aromatic N) is 3. The quantitative estimate of drug-likeness (QED) is 0.454. The molecule has 0 spiro atoms. The first kappa shape index (κ1) is 22.1. The molecular weight excluding hydrogens is 410 g/mol. The van der Waals surface area contributed by atoms with Crippen LogP contribution in [0.1, 0.15) is 26.7 Å². The molecule has 0 bridgehead atoms. The van der Waals surface area contributed by atoms with Gasteiger partial charge in [0.15, 0.2) is 5.43 Å². The third kappa shape index (κ3) is 4.89. The lowest BCUT2D eigenvalue weighted by Crippen LogP contribution is -2.28. The molecule has 1 aliphatic rings. The van der Waals surface area contributed by atoms with Crippen LogP contribution in [0, 0.1) is 0 Å². The van der Waals surface area contributed by atoms with E-state index in [1.165, 1.54) is 12.8 Å². The van der Waals surface area contributed by atoms with E-state index in [0.717, 1.165) is 68.0 Å². The molecule has 0 saturated carbocycles. The molecule has 3 aromatic rings. The van der Waals surface area contributed by atoms with Crippen LogP contribution in [-0.2, 0) is 6.54 Å². The van der Waals surface area contributed by atoms with Crippen molar-refractivity contribution in [2.45, 2.75) is 33.2 Å². The molecule has 0 radical (unpaired) electrons. The lowest BCUT2D eigenvalue weighted by atomic mass is 10.1. The maximum atomic E-state index is 13.2. The second-order valence-electron chi connectivity index (χ2n) is 8.25. The summed E-state index contributed by atoms with van der Waals surface area (Å²) in [6.45, 7) is 11.9. The molecule has 2 aromatic carbocycles. The number of aromatic nitrogens is 1. The van der Waals surface area contributed by atoms with Crippen molar-refractivity contribution in [2.75, 3.05) is 45.9 Å². The van der Waals surface area contributed by atoms with Gasteiger partial charge in [0, 0.05) is 41.5 Å². The Hall–Kier alpha value is -2.08. The predicted octanol–water partition coefficient (Wildman–Crippen LogP) is 4.62. The Balaban J connectivity index is 1.71. The van der Waals surface area contributed by atoms with Gasteiger partial charge in [0.25, 0.3) is 0 Å². The number of rotatable bonds is 9. The number of hydrogen-bond acceptors (Lipinski definition) is 4. The zero-order chi connectivity index (χ0) is 21.8. The Morgan fingerprint density at radius 1 is 0.968 bits per heavy atom. The van der Waals surface area contributed by atoms with Crippen LogP contribution < -0.4 is 10.2 Å². The molecule has 6 heteroatoms. The van der Waals surface area contributed by atoms with Crippen LogP contribution in [0.2, 0.25) is 5.02 Å². The number of likely N-dealkylation sites (N-methyl/N-ethyl adjacent to an activating group) is 1. The highest BCUT2D eigenvalue weighted by Crippen LogP contribution is 2.26. The monoisotopic (exact) mass is 441 g/mol. The maximum absolute atomic E-state index is 13.2.